The summed E-state index contributed by atoms with van der Waals surface area (Å²) < 4.78 is 0. The van der Waals surface area contributed by atoms with Crippen LogP contribution in [0.3, 0.4) is 0 Å². The van der Waals surface area contributed by atoms with E-state index < -0.39 is 0 Å². The van der Waals surface area contributed by atoms with Gasteiger partial charge in [0.25, 0.3) is 0 Å². The maximum Gasteiger partial charge on any atom is 0.0918 e. The van der Waals surface area contributed by atoms with Gasteiger partial charge in [0.2, 0.25) is 0 Å². The lowest BCUT2D eigenvalue weighted by molar-refractivity contribution is 0.825. The van der Waals surface area contributed by atoms with Crippen molar-refractivity contribution < 1.29 is 0 Å². The minimum absolute atomic E-state index is 0.472. The molecule has 0 aliphatic carbocycles. The van der Waals surface area contributed by atoms with Crippen LogP contribution in [-0.2, 0) is 6.42 Å². The number of hydrogen-bond donors (Lipinski definition) is 0. The predicted molar refractivity (Wildman–Crippen MR) is 63.0 cm³/mol. The monoisotopic (exact) mass is 200 g/mol. The van der Waals surface area contributed by atoms with Gasteiger partial charge < -0.3 is 0 Å². The van der Waals surface area contributed by atoms with Crippen LogP contribution in [0.5, 0.6) is 0 Å². The Kier molecular flexibility index (Phi) is 2.67. The highest BCUT2D eigenvalue weighted by molar-refractivity contribution is 5.77. The van der Waals surface area contributed by atoms with E-state index in [1.807, 2.05) is 18.3 Å². The van der Waals surface area contributed by atoms with Gasteiger partial charge in [-0.2, -0.15) is 0 Å². The molecular formula is C13H16N2. The van der Waals surface area contributed by atoms with Crippen molar-refractivity contribution in [2.75, 3.05) is 0 Å². The molecule has 2 aromatic heterocycles. The number of nitrogens with zero attached hydrogens (tertiary/aromatic N) is 2. The van der Waals surface area contributed by atoms with Gasteiger partial charge in [-0.05, 0) is 36.1 Å². The number of aryl methyl sites for hydroxylation is 1. The maximum atomic E-state index is 4.62. The largest absolute Gasteiger partial charge is 0.254 e. The van der Waals surface area contributed by atoms with Crippen LogP contribution in [0.2, 0.25) is 0 Å². The molecule has 0 amide bonds. The van der Waals surface area contributed by atoms with Gasteiger partial charge in [0.1, 0.15) is 0 Å². The van der Waals surface area contributed by atoms with E-state index in [9.17, 15) is 0 Å². The fourth-order valence-corrected chi connectivity index (χ4v) is 1.72. The van der Waals surface area contributed by atoms with Crippen molar-refractivity contribution in [1.29, 1.82) is 0 Å². The van der Waals surface area contributed by atoms with Gasteiger partial charge in [0, 0.05) is 11.9 Å². The van der Waals surface area contributed by atoms with Crippen LogP contribution < -0.4 is 0 Å². The van der Waals surface area contributed by atoms with Gasteiger partial charge in [-0.1, -0.05) is 20.8 Å². The van der Waals surface area contributed by atoms with Crippen LogP contribution in [0.4, 0.5) is 0 Å². The summed E-state index contributed by atoms with van der Waals surface area (Å²) in [6.45, 7) is 6.50. The summed E-state index contributed by atoms with van der Waals surface area (Å²) >= 11 is 0. The first-order valence-electron chi connectivity index (χ1n) is 5.47. The number of hydrogen-bond acceptors (Lipinski definition) is 2. The Morgan fingerprint density at radius 2 is 2.13 bits per heavy atom. The van der Waals surface area contributed by atoms with Gasteiger partial charge in [0.15, 0.2) is 0 Å². The molecule has 15 heavy (non-hydrogen) atoms. The number of rotatable bonds is 2. The summed E-state index contributed by atoms with van der Waals surface area (Å²) in [5.74, 6) is 0.472. The van der Waals surface area contributed by atoms with Crippen molar-refractivity contribution in [2.24, 2.45) is 0 Å². The second-order valence-electron chi connectivity index (χ2n) is 4.09. The first-order chi connectivity index (χ1) is 7.22. The van der Waals surface area contributed by atoms with Crippen LogP contribution in [-0.4, -0.2) is 9.97 Å². The molecular weight excluding hydrogens is 184 g/mol. The Morgan fingerprint density at radius 3 is 2.80 bits per heavy atom. The molecule has 0 fully saturated rings. The third kappa shape index (κ3) is 1.84. The zero-order valence-electron chi connectivity index (χ0n) is 9.49. The molecule has 2 nitrogen and oxygen atoms in total. The lowest BCUT2D eigenvalue weighted by atomic mass is 10.0. The van der Waals surface area contributed by atoms with E-state index in [2.05, 4.69) is 36.8 Å². The summed E-state index contributed by atoms with van der Waals surface area (Å²) in [6, 6.07) is 6.16. The van der Waals surface area contributed by atoms with E-state index >= 15 is 0 Å². The standard InChI is InChI=1S/C13H16N2/c1-4-10-8-12(9(2)3)15-11-6-5-7-14-13(10)11/h5-9H,4H2,1-3H3. The summed E-state index contributed by atoms with van der Waals surface area (Å²) in [7, 11) is 0. The Hall–Kier alpha value is -1.44. The van der Waals surface area contributed by atoms with Gasteiger partial charge in [-0.25, -0.2) is 0 Å². The molecule has 78 valence electrons. The highest BCUT2D eigenvalue weighted by atomic mass is 14.8. The molecule has 0 spiro atoms. The fraction of sp³-hybridized carbons (Fsp3) is 0.385. The Morgan fingerprint density at radius 1 is 1.33 bits per heavy atom. The third-order valence-corrected chi connectivity index (χ3v) is 2.63. The fourth-order valence-electron chi connectivity index (χ4n) is 1.72. The van der Waals surface area contributed by atoms with E-state index in [-0.39, 0.29) is 0 Å². The van der Waals surface area contributed by atoms with E-state index in [4.69, 9.17) is 0 Å². The highest BCUT2D eigenvalue weighted by Gasteiger charge is 2.07. The van der Waals surface area contributed by atoms with Crippen molar-refractivity contribution in [3.63, 3.8) is 0 Å². The summed E-state index contributed by atoms with van der Waals surface area (Å²) in [5, 5.41) is 0. The average molecular weight is 200 g/mol. The third-order valence-electron chi connectivity index (χ3n) is 2.63. The molecule has 0 saturated heterocycles. The molecule has 0 aliphatic heterocycles. The molecule has 0 radical (unpaired) electrons. The Balaban J connectivity index is 2.71. The first kappa shape index (κ1) is 10.1. The average Bonchev–Trinajstić information content (AvgIpc) is 2.27. The second-order valence-corrected chi connectivity index (χ2v) is 4.09. The van der Waals surface area contributed by atoms with Crippen LogP contribution >= 0.6 is 0 Å². The van der Waals surface area contributed by atoms with E-state index in [0.29, 0.717) is 5.92 Å². The molecule has 2 heterocycles. The predicted octanol–water partition coefficient (Wildman–Crippen LogP) is 3.32. The molecule has 2 aromatic rings. The normalized spacial score (nSPS) is 11.2. The summed E-state index contributed by atoms with van der Waals surface area (Å²) in [4.78, 5) is 9.01. The molecule has 2 heteroatoms. The van der Waals surface area contributed by atoms with Crippen molar-refractivity contribution in [1.82, 2.24) is 9.97 Å². The minimum atomic E-state index is 0.472. The van der Waals surface area contributed by atoms with Gasteiger partial charge in [-0.15, -0.1) is 0 Å². The first-order valence-corrected chi connectivity index (χ1v) is 5.47. The highest BCUT2D eigenvalue weighted by Crippen LogP contribution is 2.20. The van der Waals surface area contributed by atoms with Gasteiger partial charge in [0.05, 0.1) is 11.0 Å². The summed E-state index contributed by atoms with van der Waals surface area (Å²) in [6.07, 6.45) is 2.84. The Labute approximate surface area is 90.4 Å². The lowest BCUT2D eigenvalue weighted by Gasteiger charge is -2.09. The van der Waals surface area contributed by atoms with Gasteiger partial charge >= 0.3 is 0 Å². The zero-order valence-corrected chi connectivity index (χ0v) is 9.49. The quantitative estimate of drug-likeness (QED) is 0.743. The topological polar surface area (TPSA) is 25.8 Å². The summed E-state index contributed by atoms with van der Waals surface area (Å²) in [5.41, 5.74) is 4.52. The zero-order chi connectivity index (χ0) is 10.8. The smallest absolute Gasteiger partial charge is 0.0918 e. The number of fused-ring (bicyclic) bond motifs is 1. The van der Waals surface area contributed by atoms with E-state index in [1.54, 1.807) is 0 Å². The van der Waals surface area contributed by atoms with Crippen LogP contribution in [0.1, 0.15) is 37.9 Å². The molecule has 0 atom stereocenters. The lowest BCUT2D eigenvalue weighted by Crippen LogP contribution is -1.97. The van der Waals surface area contributed by atoms with Crippen molar-refractivity contribution >= 4 is 11.0 Å². The molecule has 0 N–H and O–H groups in total. The maximum absolute atomic E-state index is 4.62. The van der Waals surface area contributed by atoms with Crippen LogP contribution in [0.15, 0.2) is 24.4 Å². The van der Waals surface area contributed by atoms with Crippen LogP contribution in [0.25, 0.3) is 11.0 Å². The minimum Gasteiger partial charge on any atom is -0.254 e. The number of pyridine rings is 2. The molecule has 0 bridgehead atoms. The molecule has 0 saturated carbocycles. The number of aromatic nitrogens is 2. The molecule has 0 aliphatic rings. The van der Waals surface area contributed by atoms with E-state index in [1.165, 1.54) is 5.56 Å². The van der Waals surface area contributed by atoms with E-state index in [0.717, 1.165) is 23.1 Å². The Bertz CT molecular complexity index is 475. The van der Waals surface area contributed by atoms with Gasteiger partial charge in [-0.3, -0.25) is 9.97 Å². The molecule has 0 unspecified atom stereocenters. The molecule has 2 rings (SSSR count). The van der Waals surface area contributed by atoms with Crippen molar-refractivity contribution in [3.8, 4) is 0 Å². The van der Waals surface area contributed by atoms with Crippen LogP contribution in [0, 0.1) is 0 Å². The van der Waals surface area contributed by atoms with Crippen molar-refractivity contribution in [3.05, 3.63) is 35.7 Å². The molecule has 0 aromatic carbocycles. The second kappa shape index (κ2) is 3.97. The SMILES string of the molecule is CCc1cc(C(C)C)nc2cccnc12. The van der Waals surface area contributed by atoms with Crippen molar-refractivity contribution in [2.45, 2.75) is 33.1 Å².